The second kappa shape index (κ2) is 8.07. The first-order chi connectivity index (χ1) is 9.20. The minimum absolute atomic E-state index is 0.171. The Morgan fingerprint density at radius 1 is 1.21 bits per heavy atom. The van der Waals surface area contributed by atoms with Crippen LogP contribution in [0.15, 0.2) is 0 Å². The maximum Gasteiger partial charge on any atom is 0.0502 e. The van der Waals surface area contributed by atoms with Gasteiger partial charge in [-0.1, -0.05) is 0 Å². The van der Waals surface area contributed by atoms with Gasteiger partial charge in [-0.15, -0.1) is 23.2 Å². The van der Waals surface area contributed by atoms with Crippen LogP contribution in [-0.4, -0.2) is 37.4 Å². The molecule has 1 saturated heterocycles. The van der Waals surface area contributed by atoms with E-state index in [4.69, 9.17) is 23.2 Å². The molecule has 0 amide bonds. The minimum Gasteiger partial charge on any atom is -0.319 e. The topological polar surface area (TPSA) is 24.1 Å². The quantitative estimate of drug-likeness (QED) is 0.762. The van der Waals surface area contributed by atoms with Crippen molar-refractivity contribution in [2.24, 2.45) is 17.8 Å². The van der Waals surface area contributed by atoms with Gasteiger partial charge in [-0.2, -0.15) is 0 Å². The first-order valence-electron chi connectivity index (χ1n) is 7.84. The first-order valence-corrected chi connectivity index (χ1v) is 8.71. The number of alkyl halides is 2. The van der Waals surface area contributed by atoms with Gasteiger partial charge in [0.25, 0.3) is 0 Å². The number of hydrogen-bond donors (Lipinski definition) is 2. The van der Waals surface area contributed by atoms with E-state index in [1.165, 1.54) is 38.8 Å². The third kappa shape index (κ3) is 4.77. The highest BCUT2D eigenvalue weighted by Crippen LogP contribution is 2.38. The normalized spacial score (nSPS) is 38.1. The Hall–Kier alpha value is 0.500. The van der Waals surface area contributed by atoms with E-state index in [-0.39, 0.29) is 10.8 Å². The van der Waals surface area contributed by atoms with E-state index in [0.29, 0.717) is 0 Å². The third-order valence-corrected chi connectivity index (χ3v) is 6.04. The molecule has 0 aromatic carbocycles. The molecule has 0 spiro atoms. The van der Waals surface area contributed by atoms with Crippen molar-refractivity contribution in [3.05, 3.63) is 0 Å². The van der Waals surface area contributed by atoms with Crippen LogP contribution in [0.4, 0.5) is 0 Å². The molecule has 2 fully saturated rings. The zero-order valence-corrected chi connectivity index (χ0v) is 13.5. The molecular formula is C15H28Cl2N2. The smallest absolute Gasteiger partial charge is 0.0502 e. The lowest BCUT2D eigenvalue weighted by Gasteiger charge is -2.37. The second-order valence-electron chi connectivity index (χ2n) is 6.37. The Bertz CT molecular complexity index is 257. The van der Waals surface area contributed by atoms with Gasteiger partial charge in [0.2, 0.25) is 0 Å². The van der Waals surface area contributed by atoms with Crippen LogP contribution in [0, 0.1) is 17.8 Å². The summed E-state index contributed by atoms with van der Waals surface area (Å²) in [6, 6.07) is 0. The Labute approximate surface area is 128 Å². The summed E-state index contributed by atoms with van der Waals surface area (Å²) >= 11 is 12.6. The summed E-state index contributed by atoms with van der Waals surface area (Å²) in [6.07, 6.45) is 7.51. The number of nitrogens with one attached hydrogen (secondary N) is 2. The molecule has 1 aliphatic carbocycles. The van der Waals surface area contributed by atoms with Crippen LogP contribution in [0.1, 0.15) is 38.5 Å². The molecular weight excluding hydrogens is 279 g/mol. The molecule has 2 nitrogen and oxygen atoms in total. The molecule has 1 heterocycles. The minimum atomic E-state index is 0.171. The van der Waals surface area contributed by atoms with Gasteiger partial charge in [0.05, 0.1) is 5.38 Å². The fourth-order valence-electron chi connectivity index (χ4n) is 3.79. The van der Waals surface area contributed by atoms with Gasteiger partial charge in [0.1, 0.15) is 0 Å². The lowest BCUT2D eigenvalue weighted by atomic mass is 9.75. The van der Waals surface area contributed by atoms with E-state index in [9.17, 15) is 0 Å². The van der Waals surface area contributed by atoms with E-state index in [2.05, 4.69) is 17.7 Å². The van der Waals surface area contributed by atoms with E-state index in [1.54, 1.807) is 0 Å². The van der Waals surface area contributed by atoms with Crippen molar-refractivity contribution in [3.8, 4) is 0 Å². The molecule has 2 N–H and O–H groups in total. The molecule has 112 valence electrons. The molecule has 0 bridgehead atoms. The molecule has 2 aliphatic rings. The van der Waals surface area contributed by atoms with Gasteiger partial charge in [-0.3, -0.25) is 0 Å². The highest BCUT2D eigenvalue weighted by atomic mass is 35.5. The summed E-state index contributed by atoms with van der Waals surface area (Å²) in [4.78, 5) is 0. The maximum absolute atomic E-state index is 6.38. The monoisotopic (exact) mass is 306 g/mol. The van der Waals surface area contributed by atoms with Gasteiger partial charge >= 0.3 is 0 Å². The fourth-order valence-corrected chi connectivity index (χ4v) is 4.38. The highest BCUT2D eigenvalue weighted by molar-refractivity contribution is 6.30. The molecule has 0 aromatic heterocycles. The van der Waals surface area contributed by atoms with E-state index in [0.717, 1.165) is 37.1 Å². The van der Waals surface area contributed by atoms with Crippen LogP contribution in [0.25, 0.3) is 0 Å². The highest BCUT2D eigenvalue weighted by Gasteiger charge is 2.33. The van der Waals surface area contributed by atoms with Crippen LogP contribution in [0.3, 0.4) is 0 Å². The molecule has 2 rings (SSSR count). The third-order valence-electron chi connectivity index (χ3n) is 4.90. The Balaban J connectivity index is 1.87. The van der Waals surface area contributed by atoms with E-state index < -0.39 is 0 Å². The summed E-state index contributed by atoms with van der Waals surface area (Å²) < 4.78 is 0. The predicted molar refractivity (Wildman–Crippen MR) is 84.3 cm³/mol. The van der Waals surface area contributed by atoms with Crippen LogP contribution < -0.4 is 10.6 Å². The summed E-state index contributed by atoms with van der Waals surface area (Å²) in [5.41, 5.74) is 0. The second-order valence-corrected chi connectivity index (χ2v) is 7.49. The average molecular weight is 307 g/mol. The van der Waals surface area contributed by atoms with Gasteiger partial charge in [-0.05, 0) is 83.0 Å². The number of hydrogen-bond acceptors (Lipinski definition) is 2. The van der Waals surface area contributed by atoms with E-state index in [1.807, 2.05) is 0 Å². The zero-order valence-electron chi connectivity index (χ0n) is 12.0. The molecule has 4 unspecified atom stereocenters. The Morgan fingerprint density at radius 2 is 2.05 bits per heavy atom. The largest absolute Gasteiger partial charge is 0.319 e. The molecule has 0 aromatic rings. The maximum atomic E-state index is 6.38. The molecule has 19 heavy (non-hydrogen) atoms. The van der Waals surface area contributed by atoms with Crippen molar-refractivity contribution in [3.63, 3.8) is 0 Å². The van der Waals surface area contributed by atoms with Crippen molar-refractivity contribution >= 4 is 23.2 Å². The molecule has 0 radical (unpaired) electrons. The van der Waals surface area contributed by atoms with Crippen molar-refractivity contribution in [2.45, 2.75) is 49.3 Å². The average Bonchev–Trinajstić information content (AvgIpc) is 2.43. The van der Waals surface area contributed by atoms with Gasteiger partial charge < -0.3 is 10.6 Å². The van der Waals surface area contributed by atoms with E-state index >= 15 is 0 Å². The van der Waals surface area contributed by atoms with Crippen molar-refractivity contribution < 1.29 is 0 Å². The lowest BCUT2D eigenvalue weighted by Crippen LogP contribution is -2.37. The Kier molecular flexibility index (Phi) is 6.74. The molecule has 5 atom stereocenters. The van der Waals surface area contributed by atoms with Crippen molar-refractivity contribution in [1.82, 2.24) is 10.6 Å². The number of piperidine rings is 1. The van der Waals surface area contributed by atoms with Gasteiger partial charge in [-0.25, -0.2) is 0 Å². The van der Waals surface area contributed by atoms with Crippen molar-refractivity contribution in [2.75, 3.05) is 26.7 Å². The lowest BCUT2D eigenvalue weighted by molar-refractivity contribution is 0.196. The van der Waals surface area contributed by atoms with Crippen LogP contribution in [-0.2, 0) is 0 Å². The number of rotatable bonds is 5. The predicted octanol–water partition coefficient (Wildman–Crippen LogP) is 3.23. The van der Waals surface area contributed by atoms with Crippen molar-refractivity contribution in [1.29, 1.82) is 0 Å². The van der Waals surface area contributed by atoms with Gasteiger partial charge in [0.15, 0.2) is 0 Å². The summed E-state index contributed by atoms with van der Waals surface area (Å²) in [5.74, 6) is 2.38. The van der Waals surface area contributed by atoms with Crippen LogP contribution in [0.5, 0.6) is 0 Å². The Morgan fingerprint density at radius 3 is 2.68 bits per heavy atom. The van der Waals surface area contributed by atoms with Crippen LogP contribution in [0.2, 0.25) is 0 Å². The fraction of sp³-hybridized carbons (Fsp3) is 1.00. The standard InChI is InChI=1S/C15H28Cl2N2/c1-18-10-13(7-11-3-2-6-19-9-11)12-4-5-14(16)15(17)8-12/h11-15,18-19H,2-10H2,1H3/t11?,12?,13-,14?,15?/m0/s1. The summed E-state index contributed by atoms with van der Waals surface area (Å²) in [6.45, 7) is 3.53. The molecule has 1 saturated carbocycles. The van der Waals surface area contributed by atoms with Gasteiger partial charge in [0, 0.05) is 5.38 Å². The number of halogens is 2. The summed E-state index contributed by atoms with van der Waals surface area (Å²) in [5, 5.41) is 7.27. The SMILES string of the molecule is CNC[C@H](CC1CCCNC1)C1CCC(Cl)C(Cl)C1. The molecule has 4 heteroatoms. The van der Waals surface area contributed by atoms with Crippen LogP contribution >= 0.6 is 23.2 Å². The summed E-state index contributed by atoms with van der Waals surface area (Å²) in [7, 11) is 2.07. The molecule has 1 aliphatic heterocycles. The zero-order chi connectivity index (χ0) is 13.7. The first kappa shape index (κ1) is 15.9.